The number of aliphatic hydroxyl groups is 2. The second kappa shape index (κ2) is 5.34. The molecule has 0 saturated heterocycles. The zero-order chi connectivity index (χ0) is 11.4. The van der Waals surface area contributed by atoms with Crippen molar-refractivity contribution in [3.05, 3.63) is 29.6 Å². The van der Waals surface area contributed by atoms with Crippen molar-refractivity contribution in [1.29, 1.82) is 0 Å². The van der Waals surface area contributed by atoms with Crippen LogP contribution >= 0.6 is 12.6 Å². The summed E-state index contributed by atoms with van der Waals surface area (Å²) < 4.78 is 12.7. The maximum absolute atomic E-state index is 12.7. The van der Waals surface area contributed by atoms with Gasteiger partial charge in [0.25, 0.3) is 0 Å². The molecule has 0 fully saturated rings. The molecule has 0 aliphatic heterocycles. The third-order valence-electron chi connectivity index (χ3n) is 2.10. The molecule has 5 heteroatoms. The van der Waals surface area contributed by atoms with Gasteiger partial charge in [0.1, 0.15) is 6.10 Å². The molecule has 84 valence electrons. The molecule has 0 aromatic heterocycles. The molecule has 0 spiro atoms. The van der Waals surface area contributed by atoms with E-state index in [9.17, 15) is 14.6 Å². The van der Waals surface area contributed by atoms with Crippen LogP contribution in [0.2, 0.25) is 0 Å². The number of benzene rings is 1. The summed E-state index contributed by atoms with van der Waals surface area (Å²) in [7, 11) is 0. The number of aliphatic hydroxyl groups excluding tert-OH is 2. The average Bonchev–Trinajstić information content (AvgIpc) is 2.21. The van der Waals surface area contributed by atoms with Crippen molar-refractivity contribution in [1.82, 2.24) is 0 Å². The highest BCUT2D eigenvalue weighted by Crippen LogP contribution is 2.24. The predicted octanol–water partition coefficient (Wildman–Crippen LogP) is 1.25. The molecule has 3 nitrogen and oxygen atoms in total. The topological polar surface area (TPSA) is 60.7 Å². The van der Waals surface area contributed by atoms with E-state index in [1.54, 1.807) is 0 Å². The van der Waals surface area contributed by atoms with Gasteiger partial charge in [-0.05, 0) is 29.9 Å². The molecule has 0 bridgehead atoms. The summed E-state index contributed by atoms with van der Waals surface area (Å²) in [5.41, 5.74) is 0.281. The maximum Gasteiger partial charge on any atom is 0.164 e. The highest BCUT2D eigenvalue weighted by Gasteiger charge is 2.18. The SMILES string of the molecule is Oc1cc(C(O)C(O)CCS)ccc1F. The largest absolute Gasteiger partial charge is 0.505 e. The minimum Gasteiger partial charge on any atom is -0.505 e. The van der Waals surface area contributed by atoms with Crippen molar-refractivity contribution in [2.45, 2.75) is 18.6 Å². The lowest BCUT2D eigenvalue weighted by atomic mass is 10.0. The summed E-state index contributed by atoms with van der Waals surface area (Å²) in [6.07, 6.45) is -1.78. The van der Waals surface area contributed by atoms with E-state index in [-0.39, 0.29) is 5.56 Å². The van der Waals surface area contributed by atoms with Gasteiger partial charge in [-0.2, -0.15) is 12.6 Å². The Balaban J connectivity index is 2.81. The summed E-state index contributed by atoms with van der Waals surface area (Å²) in [5, 5.41) is 28.2. The maximum atomic E-state index is 12.7. The monoisotopic (exact) mass is 232 g/mol. The minimum atomic E-state index is -1.14. The van der Waals surface area contributed by atoms with E-state index in [0.29, 0.717) is 12.2 Å². The van der Waals surface area contributed by atoms with Crippen LogP contribution in [-0.4, -0.2) is 27.2 Å². The van der Waals surface area contributed by atoms with Gasteiger partial charge in [0, 0.05) is 0 Å². The van der Waals surface area contributed by atoms with Crippen molar-refractivity contribution < 1.29 is 19.7 Å². The minimum absolute atomic E-state index is 0.281. The Morgan fingerprint density at radius 3 is 2.53 bits per heavy atom. The van der Waals surface area contributed by atoms with Crippen LogP contribution < -0.4 is 0 Å². The zero-order valence-corrected chi connectivity index (χ0v) is 8.86. The molecule has 0 saturated carbocycles. The molecule has 0 radical (unpaired) electrons. The molecular formula is C10H13FO3S. The lowest BCUT2D eigenvalue weighted by molar-refractivity contribution is 0.0171. The fourth-order valence-corrected chi connectivity index (χ4v) is 1.49. The van der Waals surface area contributed by atoms with Crippen LogP contribution in [0.1, 0.15) is 18.1 Å². The van der Waals surface area contributed by atoms with E-state index in [2.05, 4.69) is 12.6 Å². The number of rotatable bonds is 4. The highest BCUT2D eigenvalue weighted by atomic mass is 32.1. The molecular weight excluding hydrogens is 219 g/mol. The van der Waals surface area contributed by atoms with Gasteiger partial charge >= 0.3 is 0 Å². The Morgan fingerprint density at radius 2 is 2.00 bits per heavy atom. The quantitative estimate of drug-likeness (QED) is 0.591. The molecule has 15 heavy (non-hydrogen) atoms. The van der Waals surface area contributed by atoms with Crippen molar-refractivity contribution in [3.8, 4) is 5.75 Å². The molecule has 1 aromatic carbocycles. The zero-order valence-electron chi connectivity index (χ0n) is 7.97. The molecule has 1 rings (SSSR count). The molecule has 1 aromatic rings. The number of thiol groups is 1. The standard InChI is InChI=1S/C10H13FO3S/c11-7-2-1-6(5-9(7)13)10(14)8(12)3-4-15/h1-2,5,8,10,12-15H,3-4H2. The number of hydrogen-bond acceptors (Lipinski definition) is 4. The Bertz CT molecular complexity index is 332. The third kappa shape index (κ3) is 3.09. The molecule has 0 heterocycles. The van der Waals surface area contributed by atoms with Crippen LogP contribution in [0, 0.1) is 5.82 Å². The van der Waals surface area contributed by atoms with Crippen molar-refractivity contribution in [2.24, 2.45) is 0 Å². The smallest absolute Gasteiger partial charge is 0.164 e. The van der Waals surface area contributed by atoms with Crippen LogP contribution in [0.15, 0.2) is 18.2 Å². The molecule has 2 unspecified atom stereocenters. The first-order valence-corrected chi connectivity index (χ1v) is 5.15. The molecule has 3 N–H and O–H groups in total. The van der Waals surface area contributed by atoms with Gasteiger partial charge in [0.15, 0.2) is 11.6 Å². The second-order valence-electron chi connectivity index (χ2n) is 3.24. The summed E-state index contributed by atoms with van der Waals surface area (Å²) in [6.45, 7) is 0. The van der Waals surface area contributed by atoms with Crippen molar-refractivity contribution in [3.63, 3.8) is 0 Å². The first-order valence-electron chi connectivity index (χ1n) is 4.51. The summed E-state index contributed by atoms with van der Waals surface area (Å²) in [5.74, 6) is -0.856. The van der Waals surface area contributed by atoms with Crippen LogP contribution in [0.3, 0.4) is 0 Å². The molecule has 0 aliphatic rings. The van der Waals surface area contributed by atoms with Gasteiger partial charge in [-0.1, -0.05) is 6.07 Å². The number of phenols is 1. The first kappa shape index (κ1) is 12.3. The number of halogens is 1. The van der Waals surface area contributed by atoms with Gasteiger partial charge < -0.3 is 15.3 Å². The lowest BCUT2D eigenvalue weighted by Gasteiger charge is -2.17. The van der Waals surface area contributed by atoms with Crippen molar-refractivity contribution in [2.75, 3.05) is 5.75 Å². The van der Waals surface area contributed by atoms with E-state index < -0.39 is 23.8 Å². The van der Waals surface area contributed by atoms with Gasteiger partial charge in [0.2, 0.25) is 0 Å². The normalized spacial score (nSPS) is 14.9. The fourth-order valence-electron chi connectivity index (χ4n) is 1.23. The predicted molar refractivity (Wildman–Crippen MR) is 57.5 cm³/mol. The lowest BCUT2D eigenvalue weighted by Crippen LogP contribution is -2.18. The van der Waals surface area contributed by atoms with Crippen LogP contribution in [-0.2, 0) is 0 Å². The second-order valence-corrected chi connectivity index (χ2v) is 3.68. The average molecular weight is 232 g/mol. The van der Waals surface area contributed by atoms with Crippen LogP contribution in [0.5, 0.6) is 5.75 Å². The Morgan fingerprint density at radius 1 is 1.33 bits per heavy atom. The Kier molecular flexibility index (Phi) is 4.38. The molecule has 0 aliphatic carbocycles. The van der Waals surface area contributed by atoms with Gasteiger partial charge in [-0.15, -0.1) is 0 Å². The van der Waals surface area contributed by atoms with Gasteiger partial charge in [0.05, 0.1) is 6.10 Å². The third-order valence-corrected chi connectivity index (χ3v) is 2.36. The number of phenolic OH excluding ortho intramolecular Hbond substituents is 1. The Hall–Kier alpha value is -0.780. The summed E-state index contributed by atoms with van der Waals surface area (Å²) >= 11 is 3.92. The molecule has 2 atom stereocenters. The van der Waals surface area contributed by atoms with E-state index >= 15 is 0 Å². The van der Waals surface area contributed by atoms with Gasteiger partial charge in [-0.3, -0.25) is 0 Å². The van der Waals surface area contributed by atoms with E-state index in [4.69, 9.17) is 5.11 Å². The Labute approximate surface area is 92.6 Å². The fraction of sp³-hybridized carbons (Fsp3) is 0.400. The molecule has 0 amide bonds. The number of aromatic hydroxyl groups is 1. The van der Waals surface area contributed by atoms with E-state index in [1.807, 2.05) is 0 Å². The van der Waals surface area contributed by atoms with Crippen molar-refractivity contribution >= 4 is 12.6 Å². The van der Waals surface area contributed by atoms with Crippen LogP contribution in [0.4, 0.5) is 4.39 Å². The summed E-state index contributed by atoms with van der Waals surface area (Å²) in [4.78, 5) is 0. The van der Waals surface area contributed by atoms with Gasteiger partial charge in [-0.25, -0.2) is 4.39 Å². The highest BCUT2D eigenvalue weighted by molar-refractivity contribution is 7.80. The van der Waals surface area contributed by atoms with E-state index in [1.165, 1.54) is 6.07 Å². The first-order chi connectivity index (χ1) is 7.06. The number of hydrogen-bond donors (Lipinski definition) is 4. The van der Waals surface area contributed by atoms with Crippen LogP contribution in [0.25, 0.3) is 0 Å². The van der Waals surface area contributed by atoms with E-state index in [0.717, 1.165) is 12.1 Å². The summed E-state index contributed by atoms with van der Waals surface area (Å²) in [6, 6.07) is 3.46.